The lowest BCUT2D eigenvalue weighted by molar-refractivity contribution is -0.121. The van der Waals surface area contributed by atoms with Crippen LogP contribution < -0.4 is 0 Å². The van der Waals surface area contributed by atoms with E-state index in [1.54, 1.807) is 0 Å². The number of hydrogen-bond acceptors (Lipinski definition) is 5. The summed E-state index contributed by atoms with van der Waals surface area (Å²) in [6, 6.07) is 0. The molecular formula is C19H30O5. The Balaban J connectivity index is 3.02. The van der Waals surface area contributed by atoms with Crippen molar-refractivity contribution in [3.8, 4) is 0 Å². The van der Waals surface area contributed by atoms with E-state index < -0.39 is 74.5 Å². The van der Waals surface area contributed by atoms with Crippen molar-refractivity contribution >= 4 is 11.6 Å². The molecule has 1 rings (SSSR count). The molecule has 0 atom stereocenters. The Morgan fingerprint density at radius 2 is 1.54 bits per heavy atom. The van der Waals surface area contributed by atoms with E-state index in [0.717, 1.165) is 0 Å². The Hall–Kier alpha value is -1.62. The van der Waals surface area contributed by atoms with E-state index >= 15 is 0 Å². The molecule has 0 bridgehead atoms. The fraction of sp³-hybridized carbons (Fsp3) is 0.684. The number of carbonyl (C=O) groups excluding carboxylic acids is 2. The number of hydrogen-bond donors (Lipinski definition) is 1. The van der Waals surface area contributed by atoms with E-state index in [4.69, 9.17) is 22.9 Å². The zero-order valence-electron chi connectivity index (χ0n) is 26.2. The maximum atomic E-state index is 13.0. The number of methoxy groups -OCH3 is 2. The Bertz CT molecular complexity index is 911. The summed E-state index contributed by atoms with van der Waals surface area (Å²) >= 11 is 0. The summed E-state index contributed by atoms with van der Waals surface area (Å²) in [5, 5.41) is 9.01. The molecule has 5 heteroatoms. The van der Waals surface area contributed by atoms with E-state index in [-0.39, 0.29) is 19.3 Å². The first-order chi connectivity index (χ1) is 16.5. The van der Waals surface area contributed by atoms with Crippen LogP contribution in [0.2, 0.25) is 0 Å². The highest BCUT2D eigenvalue weighted by Crippen LogP contribution is 2.28. The summed E-state index contributed by atoms with van der Waals surface area (Å²) in [4.78, 5) is 26.0. The summed E-state index contributed by atoms with van der Waals surface area (Å²) in [5.74, 6) is -5.27. The van der Waals surface area contributed by atoms with Gasteiger partial charge in [-0.1, -0.05) is 38.5 Å². The minimum atomic E-state index is -3.31. The van der Waals surface area contributed by atoms with Crippen LogP contribution in [0.1, 0.15) is 82.4 Å². The van der Waals surface area contributed by atoms with Crippen LogP contribution in [0.5, 0.6) is 0 Å². The predicted molar refractivity (Wildman–Crippen MR) is 92.4 cm³/mol. The molecular weight excluding hydrogens is 308 g/mol. The minimum absolute atomic E-state index is 0.144. The van der Waals surface area contributed by atoms with Gasteiger partial charge in [0.1, 0.15) is 0 Å². The van der Waals surface area contributed by atoms with Gasteiger partial charge < -0.3 is 14.6 Å². The molecule has 0 amide bonds. The van der Waals surface area contributed by atoms with Gasteiger partial charge in [0.15, 0.2) is 0 Å². The first kappa shape index (κ1) is 8.17. The second-order valence-corrected chi connectivity index (χ2v) is 5.15. The minimum Gasteiger partial charge on any atom is -0.489 e. The van der Waals surface area contributed by atoms with E-state index in [9.17, 15) is 9.59 Å². The lowest BCUT2D eigenvalue weighted by Gasteiger charge is -2.20. The molecule has 5 nitrogen and oxygen atoms in total. The molecule has 0 heterocycles. The SMILES string of the molecule is [2H]C([2H])([2H])OC1=C(OC([2H])([2H])[2H])C(=O)C(C([2H])([2H])[2H])=C(CCCCCCCC([2H])([2H])C([2H])([2H])CO)C1=O. The maximum absolute atomic E-state index is 13.0. The van der Waals surface area contributed by atoms with Gasteiger partial charge in [0.05, 0.1) is 22.3 Å². The molecule has 0 spiro atoms. The number of aliphatic hydroxyl groups is 1. The van der Waals surface area contributed by atoms with Crippen molar-refractivity contribution in [2.75, 3.05) is 20.7 Å². The van der Waals surface area contributed by atoms with Gasteiger partial charge in [0, 0.05) is 27.3 Å². The van der Waals surface area contributed by atoms with E-state index in [0.29, 0.717) is 25.7 Å². The number of ketones is 2. The summed E-state index contributed by atoms with van der Waals surface area (Å²) in [7, 11) is -6.58. The fourth-order valence-corrected chi connectivity index (χ4v) is 2.32. The van der Waals surface area contributed by atoms with Crippen molar-refractivity contribution in [1.82, 2.24) is 0 Å². The second kappa shape index (κ2) is 11.0. The molecule has 24 heavy (non-hydrogen) atoms. The lowest BCUT2D eigenvalue weighted by atomic mass is 9.89. The number of carbonyl (C=O) groups is 2. The van der Waals surface area contributed by atoms with Crippen molar-refractivity contribution in [2.45, 2.75) is 64.5 Å². The van der Waals surface area contributed by atoms with Crippen molar-refractivity contribution in [3.05, 3.63) is 22.7 Å². The molecule has 0 aromatic heterocycles. The number of allylic oxidation sites excluding steroid dienone is 2. The van der Waals surface area contributed by atoms with Gasteiger partial charge in [-0.3, -0.25) is 9.59 Å². The predicted octanol–water partition coefficient (Wildman–Crippen LogP) is 3.46. The zero-order chi connectivity index (χ0) is 29.0. The smallest absolute Gasteiger partial charge is 0.228 e. The third-order valence-electron chi connectivity index (χ3n) is 3.56. The van der Waals surface area contributed by atoms with Crippen LogP contribution in [-0.2, 0) is 19.1 Å². The molecule has 1 aliphatic carbocycles. The van der Waals surface area contributed by atoms with E-state index in [1.807, 2.05) is 0 Å². The van der Waals surface area contributed by atoms with Crippen LogP contribution >= 0.6 is 0 Å². The standard InChI is InChI=1S/C19H30O5/c1-14-15(12-10-8-6-4-5-7-9-11-13-20)17(22)19(24-3)18(23-2)16(14)21/h20H,4-13H2,1-3H3/i1D3,2D3,3D3,9D2,11D2. The first-order valence-corrected chi connectivity index (χ1v) is 7.60. The Morgan fingerprint density at radius 1 is 0.917 bits per heavy atom. The average molecular weight is 352 g/mol. The molecule has 136 valence electrons. The van der Waals surface area contributed by atoms with Crippen LogP contribution in [0, 0.1) is 0 Å². The summed E-state index contributed by atoms with van der Waals surface area (Å²) in [6.07, 6.45) is -3.24. The molecule has 1 aliphatic rings. The highest BCUT2D eigenvalue weighted by molar-refractivity contribution is 6.23. The number of rotatable bonds is 12. The fourth-order valence-electron chi connectivity index (χ4n) is 2.32. The number of aliphatic hydroxyl groups excluding tert-OH is 1. The molecule has 0 aromatic carbocycles. The molecule has 0 fully saturated rings. The Labute approximate surface area is 163 Å². The number of unbranched alkanes of at least 4 members (excludes halogenated alkanes) is 4. The molecule has 0 radical (unpaired) electrons. The van der Waals surface area contributed by atoms with Crippen molar-refractivity contribution in [1.29, 1.82) is 0 Å². The Morgan fingerprint density at radius 3 is 2.17 bits per heavy atom. The average Bonchev–Trinajstić information content (AvgIpc) is 2.70. The van der Waals surface area contributed by atoms with E-state index in [1.165, 1.54) is 0 Å². The third kappa shape index (κ3) is 5.48. The topological polar surface area (TPSA) is 72.8 Å². The molecule has 0 saturated carbocycles. The summed E-state index contributed by atoms with van der Waals surface area (Å²) in [5.41, 5.74) is -1.51. The van der Waals surface area contributed by atoms with Gasteiger partial charge in [-0.25, -0.2) is 0 Å². The Kier molecular flexibility index (Phi) is 3.75. The summed E-state index contributed by atoms with van der Waals surface area (Å²) < 4.78 is 106. The van der Waals surface area contributed by atoms with Crippen LogP contribution in [-0.4, -0.2) is 37.4 Å². The number of Topliss-reactive ketones (excluding diaryl/α,β-unsaturated/α-hetero) is 2. The van der Waals surface area contributed by atoms with Crippen LogP contribution in [0.4, 0.5) is 0 Å². The van der Waals surface area contributed by atoms with Gasteiger partial charge in [0.25, 0.3) is 0 Å². The first-order valence-electron chi connectivity index (χ1n) is 14.1. The maximum Gasteiger partial charge on any atom is 0.228 e. The summed E-state index contributed by atoms with van der Waals surface area (Å²) in [6.45, 7) is -4.11. The largest absolute Gasteiger partial charge is 0.489 e. The molecule has 1 N–H and O–H groups in total. The van der Waals surface area contributed by atoms with Gasteiger partial charge in [0.2, 0.25) is 23.1 Å². The normalized spacial score (nSPS) is 26.1. The molecule has 0 unspecified atom stereocenters. The van der Waals surface area contributed by atoms with Gasteiger partial charge in [-0.05, 0) is 26.1 Å². The van der Waals surface area contributed by atoms with Crippen molar-refractivity contribution < 1.29 is 42.0 Å². The molecule has 0 aromatic rings. The van der Waals surface area contributed by atoms with Crippen molar-refractivity contribution in [2.24, 2.45) is 0 Å². The van der Waals surface area contributed by atoms with Crippen LogP contribution in [0.3, 0.4) is 0 Å². The number of ether oxygens (including phenoxy) is 2. The van der Waals surface area contributed by atoms with E-state index in [2.05, 4.69) is 9.47 Å². The van der Waals surface area contributed by atoms with Gasteiger partial charge in [-0.15, -0.1) is 0 Å². The highest BCUT2D eigenvalue weighted by Gasteiger charge is 2.34. The lowest BCUT2D eigenvalue weighted by Crippen LogP contribution is -2.25. The van der Waals surface area contributed by atoms with Gasteiger partial charge >= 0.3 is 0 Å². The van der Waals surface area contributed by atoms with Crippen molar-refractivity contribution in [3.63, 3.8) is 0 Å². The monoisotopic (exact) mass is 351 g/mol. The van der Waals surface area contributed by atoms with Gasteiger partial charge in [-0.2, -0.15) is 0 Å². The second-order valence-electron chi connectivity index (χ2n) is 5.15. The van der Waals surface area contributed by atoms with Crippen LogP contribution in [0.15, 0.2) is 22.7 Å². The quantitative estimate of drug-likeness (QED) is 0.430. The molecule has 0 aliphatic heterocycles. The van der Waals surface area contributed by atoms with Crippen LogP contribution in [0.25, 0.3) is 0 Å². The molecule has 0 saturated heterocycles. The highest BCUT2D eigenvalue weighted by atomic mass is 16.5. The third-order valence-corrected chi connectivity index (χ3v) is 3.56. The zero-order valence-corrected chi connectivity index (χ0v) is 13.2.